The van der Waals surface area contributed by atoms with Crippen LogP contribution < -0.4 is 0 Å². The largest absolute Gasteiger partial charge is 0.389 e. The second-order valence-electron chi connectivity index (χ2n) is 7.24. The summed E-state index contributed by atoms with van der Waals surface area (Å²) in [5, 5.41) is 18.0. The van der Waals surface area contributed by atoms with Crippen molar-refractivity contribution in [3.63, 3.8) is 0 Å². The number of hydrogen-bond acceptors (Lipinski definition) is 4. The average Bonchev–Trinajstić information content (AvgIpc) is 2.90. The van der Waals surface area contributed by atoms with E-state index < -0.39 is 5.60 Å². The molecule has 21 heavy (non-hydrogen) atoms. The number of rotatable bonds is 3. The molecule has 0 unspecified atom stereocenters. The van der Waals surface area contributed by atoms with Crippen LogP contribution in [0.2, 0.25) is 0 Å². The second kappa shape index (κ2) is 6.05. The molecule has 1 saturated heterocycles. The SMILES string of the molecule is Cc1nc(C2CCN(CC3(O)CCC(C)CC3)CC2)n[nH]1. The first kappa shape index (κ1) is 15.0. The van der Waals surface area contributed by atoms with Crippen LogP contribution in [-0.4, -0.2) is 50.4 Å². The molecular weight excluding hydrogens is 264 g/mol. The van der Waals surface area contributed by atoms with Gasteiger partial charge in [-0.3, -0.25) is 5.10 Å². The van der Waals surface area contributed by atoms with Crippen LogP contribution in [0.1, 0.15) is 63.0 Å². The number of aliphatic hydroxyl groups is 1. The molecule has 3 rings (SSSR count). The first-order chi connectivity index (χ1) is 10.0. The normalized spacial score (nSPS) is 32.4. The van der Waals surface area contributed by atoms with Crippen LogP contribution in [0.5, 0.6) is 0 Å². The Morgan fingerprint density at radius 1 is 1.24 bits per heavy atom. The van der Waals surface area contributed by atoms with E-state index in [2.05, 4.69) is 27.0 Å². The van der Waals surface area contributed by atoms with Crippen molar-refractivity contribution in [3.8, 4) is 0 Å². The van der Waals surface area contributed by atoms with Gasteiger partial charge in [0.25, 0.3) is 0 Å². The fourth-order valence-corrected chi connectivity index (χ4v) is 3.77. The smallest absolute Gasteiger partial charge is 0.153 e. The van der Waals surface area contributed by atoms with Gasteiger partial charge in [0.1, 0.15) is 5.82 Å². The minimum Gasteiger partial charge on any atom is -0.389 e. The van der Waals surface area contributed by atoms with Gasteiger partial charge >= 0.3 is 0 Å². The number of nitrogens with one attached hydrogen (secondary N) is 1. The third-order valence-corrected chi connectivity index (χ3v) is 5.29. The predicted molar refractivity (Wildman–Crippen MR) is 82.1 cm³/mol. The molecule has 5 nitrogen and oxygen atoms in total. The number of likely N-dealkylation sites (tertiary alicyclic amines) is 1. The molecule has 2 N–H and O–H groups in total. The van der Waals surface area contributed by atoms with Gasteiger partial charge in [-0.2, -0.15) is 5.10 Å². The standard InChI is InChI=1S/C16H28N4O/c1-12-3-7-16(21,8-4-12)11-20-9-5-14(6-10-20)15-17-13(2)18-19-15/h12,14,21H,3-11H2,1-2H3,(H,17,18,19). The summed E-state index contributed by atoms with van der Waals surface area (Å²) >= 11 is 0. The molecule has 5 heteroatoms. The lowest BCUT2D eigenvalue weighted by Crippen LogP contribution is -2.47. The molecule has 0 atom stereocenters. The summed E-state index contributed by atoms with van der Waals surface area (Å²) in [6.45, 7) is 7.20. The number of β-amino-alcohol motifs (C(OH)–C–C–N with tert-alkyl or cyclic N) is 1. The molecule has 0 aromatic carbocycles. The number of H-pyrrole nitrogens is 1. The highest BCUT2D eigenvalue weighted by atomic mass is 16.3. The molecular formula is C16H28N4O. The van der Waals surface area contributed by atoms with Crippen LogP contribution in [0.4, 0.5) is 0 Å². The van der Waals surface area contributed by atoms with Crippen molar-refractivity contribution in [2.75, 3.05) is 19.6 Å². The summed E-state index contributed by atoms with van der Waals surface area (Å²) in [7, 11) is 0. The lowest BCUT2D eigenvalue weighted by molar-refractivity contribution is -0.0392. The van der Waals surface area contributed by atoms with Gasteiger partial charge in [-0.1, -0.05) is 6.92 Å². The first-order valence-electron chi connectivity index (χ1n) is 8.38. The minimum atomic E-state index is -0.444. The van der Waals surface area contributed by atoms with Crippen molar-refractivity contribution in [2.24, 2.45) is 5.92 Å². The Labute approximate surface area is 127 Å². The van der Waals surface area contributed by atoms with Crippen LogP contribution >= 0.6 is 0 Å². The second-order valence-corrected chi connectivity index (χ2v) is 7.24. The number of aromatic nitrogens is 3. The monoisotopic (exact) mass is 292 g/mol. The Morgan fingerprint density at radius 3 is 2.48 bits per heavy atom. The van der Waals surface area contributed by atoms with E-state index in [1.165, 1.54) is 12.8 Å². The maximum atomic E-state index is 10.8. The van der Waals surface area contributed by atoms with Gasteiger partial charge < -0.3 is 10.0 Å². The van der Waals surface area contributed by atoms with Crippen LogP contribution in [0, 0.1) is 12.8 Å². The Hall–Kier alpha value is -0.940. The molecule has 1 aromatic heterocycles. The maximum Gasteiger partial charge on any atom is 0.153 e. The quantitative estimate of drug-likeness (QED) is 0.896. The average molecular weight is 292 g/mol. The Balaban J connectivity index is 1.49. The summed E-state index contributed by atoms with van der Waals surface area (Å²) < 4.78 is 0. The van der Waals surface area contributed by atoms with Crippen LogP contribution in [0.25, 0.3) is 0 Å². The summed E-state index contributed by atoms with van der Waals surface area (Å²) in [5.41, 5.74) is -0.444. The van der Waals surface area contributed by atoms with Gasteiger partial charge in [0.2, 0.25) is 0 Å². The molecule has 0 amide bonds. The fraction of sp³-hybridized carbons (Fsp3) is 0.875. The van der Waals surface area contributed by atoms with Crippen molar-refractivity contribution in [1.82, 2.24) is 20.1 Å². The van der Waals surface area contributed by atoms with Crippen molar-refractivity contribution in [1.29, 1.82) is 0 Å². The van der Waals surface area contributed by atoms with Crippen LogP contribution in [0.3, 0.4) is 0 Å². The fourth-order valence-electron chi connectivity index (χ4n) is 3.77. The van der Waals surface area contributed by atoms with E-state index in [-0.39, 0.29) is 0 Å². The zero-order chi connectivity index (χ0) is 14.9. The number of aromatic amines is 1. The Kier molecular flexibility index (Phi) is 4.31. The van der Waals surface area contributed by atoms with Gasteiger partial charge in [-0.25, -0.2) is 4.98 Å². The summed E-state index contributed by atoms with van der Waals surface area (Å²) in [6.07, 6.45) is 6.48. The molecule has 2 heterocycles. The van der Waals surface area contributed by atoms with E-state index >= 15 is 0 Å². The molecule has 0 radical (unpaired) electrons. The molecule has 1 saturated carbocycles. The molecule has 2 aliphatic rings. The van der Waals surface area contributed by atoms with Crippen LogP contribution in [-0.2, 0) is 0 Å². The molecule has 1 aliphatic heterocycles. The zero-order valence-electron chi connectivity index (χ0n) is 13.3. The number of aryl methyl sites for hydroxylation is 1. The van der Waals surface area contributed by atoms with Gasteiger partial charge in [-0.05, 0) is 64.5 Å². The van der Waals surface area contributed by atoms with E-state index in [9.17, 15) is 5.11 Å². The third kappa shape index (κ3) is 3.64. The number of nitrogens with zero attached hydrogens (tertiary/aromatic N) is 3. The molecule has 1 aliphatic carbocycles. The lowest BCUT2D eigenvalue weighted by Gasteiger charge is -2.40. The predicted octanol–water partition coefficient (Wildman–Crippen LogP) is 2.23. The van der Waals surface area contributed by atoms with Crippen LogP contribution in [0.15, 0.2) is 0 Å². The highest BCUT2D eigenvalue weighted by Gasteiger charge is 2.35. The highest BCUT2D eigenvalue weighted by molar-refractivity contribution is 4.99. The topological polar surface area (TPSA) is 65.0 Å². The molecule has 2 fully saturated rings. The van der Waals surface area contributed by atoms with E-state index in [0.29, 0.717) is 5.92 Å². The Bertz CT molecular complexity index is 457. The molecule has 0 bridgehead atoms. The maximum absolute atomic E-state index is 10.8. The minimum absolute atomic E-state index is 0.444. The lowest BCUT2D eigenvalue weighted by atomic mass is 9.79. The summed E-state index contributed by atoms with van der Waals surface area (Å²) in [6, 6.07) is 0. The summed E-state index contributed by atoms with van der Waals surface area (Å²) in [4.78, 5) is 6.90. The first-order valence-corrected chi connectivity index (χ1v) is 8.38. The van der Waals surface area contributed by atoms with Gasteiger partial charge in [0.05, 0.1) is 5.60 Å². The van der Waals surface area contributed by atoms with Gasteiger partial charge in [0.15, 0.2) is 5.82 Å². The number of hydrogen-bond donors (Lipinski definition) is 2. The highest BCUT2D eigenvalue weighted by Crippen LogP contribution is 2.34. The third-order valence-electron chi connectivity index (χ3n) is 5.29. The summed E-state index contributed by atoms with van der Waals surface area (Å²) in [5.74, 6) is 3.13. The molecule has 0 spiro atoms. The molecule has 1 aromatic rings. The molecule has 118 valence electrons. The van der Waals surface area contributed by atoms with Crippen molar-refractivity contribution < 1.29 is 5.11 Å². The van der Waals surface area contributed by atoms with E-state index in [4.69, 9.17) is 0 Å². The van der Waals surface area contributed by atoms with E-state index in [1.54, 1.807) is 0 Å². The van der Waals surface area contributed by atoms with E-state index in [0.717, 1.165) is 62.9 Å². The zero-order valence-corrected chi connectivity index (χ0v) is 13.3. The Morgan fingerprint density at radius 2 is 1.90 bits per heavy atom. The van der Waals surface area contributed by atoms with Crippen molar-refractivity contribution in [2.45, 2.75) is 63.9 Å². The van der Waals surface area contributed by atoms with E-state index in [1.807, 2.05) is 6.92 Å². The number of piperidine rings is 1. The van der Waals surface area contributed by atoms with Crippen molar-refractivity contribution in [3.05, 3.63) is 11.6 Å². The van der Waals surface area contributed by atoms with Crippen molar-refractivity contribution >= 4 is 0 Å². The van der Waals surface area contributed by atoms with Gasteiger partial charge in [0, 0.05) is 12.5 Å². The van der Waals surface area contributed by atoms with Gasteiger partial charge in [-0.15, -0.1) is 0 Å².